The van der Waals surface area contributed by atoms with E-state index < -0.39 is 0 Å². The average Bonchev–Trinajstić information content (AvgIpc) is 1.61. The van der Waals surface area contributed by atoms with E-state index in [0.717, 1.165) is 0 Å². The van der Waals surface area contributed by atoms with Gasteiger partial charge in [0.1, 0.15) is 0 Å². The fourth-order valence-corrected chi connectivity index (χ4v) is 0.0946. The van der Waals surface area contributed by atoms with Gasteiger partial charge >= 0.3 is 0 Å². The van der Waals surface area contributed by atoms with E-state index in [2.05, 4.69) is 15.0 Å². The molecule has 0 radical (unpaired) electrons. The molecule has 0 bridgehead atoms. The highest BCUT2D eigenvalue weighted by Gasteiger charge is 1.88. The zero-order valence-electron chi connectivity index (χ0n) is 4.21. The molecular weight excluding hydrogens is 100 g/mol. The molecule has 44 valence electrons. The van der Waals surface area contributed by atoms with E-state index in [1.165, 1.54) is 0 Å². The maximum atomic E-state index is 8.99. The third-order valence-electron chi connectivity index (χ3n) is 0.260. The third-order valence-corrected chi connectivity index (χ3v) is 0.260. The summed E-state index contributed by atoms with van der Waals surface area (Å²) in [5.41, 5.74) is 0. The maximum absolute atomic E-state index is 8.99. The Morgan fingerprint density at radius 3 is 2.14 bits per heavy atom. The predicted molar refractivity (Wildman–Crippen MR) is 18.4 cm³/mol. The second-order valence-electron chi connectivity index (χ2n) is 1.28. The Labute approximate surface area is 41.4 Å². The highest BCUT2D eigenvalue weighted by molar-refractivity contribution is 4.24. The molecule has 0 aromatic rings. The van der Waals surface area contributed by atoms with E-state index in [-0.39, 0.29) is 6.10 Å². The Hall–Kier alpha value is -0.160. The highest BCUT2D eigenvalue weighted by Crippen LogP contribution is 1.85. The second-order valence-corrected chi connectivity index (χ2v) is 1.28. The molecule has 0 spiro atoms. The van der Waals surface area contributed by atoms with Gasteiger partial charge in [0.05, 0.1) is 6.10 Å². The SMILES string of the molecule is CC(C)OOO[O-]. The molecule has 0 fully saturated rings. The summed E-state index contributed by atoms with van der Waals surface area (Å²) in [5.74, 6) is 0. The topological polar surface area (TPSA) is 50.8 Å². The summed E-state index contributed by atoms with van der Waals surface area (Å²) in [6, 6.07) is 0. The van der Waals surface area contributed by atoms with Crippen molar-refractivity contribution in [2.24, 2.45) is 0 Å². The summed E-state index contributed by atoms with van der Waals surface area (Å²) in [4.78, 5) is 4.16. The fraction of sp³-hybridized carbons (Fsp3) is 1.00. The molecule has 0 amide bonds. The molecule has 0 aliphatic carbocycles. The van der Waals surface area contributed by atoms with Crippen LogP contribution in [0, 0.1) is 0 Å². The van der Waals surface area contributed by atoms with Crippen LogP contribution in [0.3, 0.4) is 0 Å². The van der Waals surface area contributed by atoms with Crippen molar-refractivity contribution in [3.8, 4) is 0 Å². The van der Waals surface area contributed by atoms with Crippen LogP contribution < -0.4 is 5.26 Å². The number of rotatable bonds is 3. The Morgan fingerprint density at radius 1 is 1.43 bits per heavy atom. The van der Waals surface area contributed by atoms with Gasteiger partial charge in [-0.3, -0.25) is 5.04 Å². The summed E-state index contributed by atoms with van der Waals surface area (Å²) in [6.07, 6.45) is -0.144. The van der Waals surface area contributed by atoms with Gasteiger partial charge in [-0.1, -0.05) is 5.04 Å². The van der Waals surface area contributed by atoms with E-state index in [1.807, 2.05) is 0 Å². The Bertz CT molecular complexity index is 35.9. The van der Waals surface area contributed by atoms with Gasteiger partial charge in [-0.15, -0.1) is 0 Å². The molecule has 0 rings (SSSR count). The minimum Gasteiger partial charge on any atom is -0.690 e. The minimum atomic E-state index is -0.144. The van der Waals surface area contributed by atoms with Crippen molar-refractivity contribution in [3.63, 3.8) is 0 Å². The van der Waals surface area contributed by atoms with E-state index in [1.54, 1.807) is 13.8 Å². The lowest BCUT2D eigenvalue weighted by Crippen LogP contribution is -2.10. The molecule has 0 N–H and O–H groups in total. The molecule has 0 aromatic carbocycles. The van der Waals surface area contributed by atoms with Gasteiger partial charge in [0, 0.05) is 0 Å². The molecule has 4 heteroatoms. The Balaban J connectivity index is 2.68. The lowest BCUT2D eigenvalue weighted by Gasteiger charge is -2.05. The van der Waals surface area contributed by atoms with Crippen molar-refractivity contribution in [1.82, 2.24) is 0 Å². The van der Waals surface area contributed by atoms with Crippen LogP contribution in [0.1, 0.15) is 13.8 Å². The maximum Gasteiger partial charge on any atom is 0.0905 e. The first-order valence-corrected chi connectivity index (χ1v) is 1.89. The first kappa shape index (κ1) is 6.84. The minimum absolute atomic E-state index is 0.144. The fourth-order valence-electron chi connectivity index (χ4n) is 0.0946. The van der Waals surface area contributed by atoms with Crippen molar-refractivity contribution in [2.45, 2.75) is 20.0 Å². The van der Waals surface area contributed by atoms with Crippen LogP contribution >= 0.6 is 0 Å². The third kappa shape index (κ3) is 5.84. The average molecular weight is 107 g/mol. The summed E-state index contributed by atoms with van der Waals surface area (Å²) in [5, 5.41) is 15.4. The zero-order valence-corrected chi connectivity index (χ0v) is 4.21. The van der Waals surface area contributed by atoms with Crippen molar-refractivity contribution in [3.05, 3.63) is 0 Å². The van der Waals surface area contributed by atoms with Gasteiger partial charge in [0.2, 0.25) is 0 Å². The van der Waals surface area contributed by atoms with Gasteiger partial charge in [-0.2, -0.15) is 0 Å². The van der Waals surface area contributed by atoms with Crippen LogP contribution in [0.5, 0.6) is 0 Å². The lowest BCUT2D eigenvalue weighted by molar-refractivity contribution is -0.851. The lowest BCUT2D eigenvalue weighted by atomic mass is 10.5. The molecule has 0 aromatic heterocycles. The smallest absolute Gasteiger partial charge is 0.0905 e. The molecule has 7 heavy (non-hydrogen) atoms. The molecule has 0 atom stereocenters. The first-order valence-electron chi connectivity index (χ1n) is 1.89. The van der Waals surface area contributed by atoms with Gasteiger partial charge in [0.25, 0.3) is 0 Å². The van der Waals surface area contributed by atoms with Crippen molar-refractivity contribution >= 4 is 0 Å². The molecule has 4 nitrogen and oxygen atoms in total. The van der Waals surface area contributed by atoms with Crippen LogP contribution in [-0.4, -0.2) is 6.10 Å². The molecule has 0 saturated carbocycles. The monoisotopic (exact) mass is 107 g/mol. The summed E-state index contributed by atoms with van der Waals surface area (Å²) >= 11 is 0. The zero-order chi connectivity index (χ0) is 5.70. The van der Waals surface area contributed by atoms with Crippen LogP contribution in [0.2, 0.25) is 0 Å². The summed E-state index contributed by atoms with van der Waals surface area (Å²) < 4.78 is 0. The molecule has 0 heterocycles. The Morgan fingerprint density at radius 2 is 2.00 bits per heavy atom. The predicted octanol–water partition coefficient (Wildman–Crippen LogP) is -0.450. The summed E-state index contributed by atoms with van der Waals surface area (Å²) in [7, 11) is 0. The van der Waals surface area contributed by atoms with Gasteiger partial charge < -0.3 is 5.26 Å². The molecule has 0 saturated heterocycles. The Kier molecular flexibility index (Phi) is 3.92. The van der Waals surface area contributed by atoms with Crippen molar-refractivity contribution in [2.75, 3.05) is 0 Å². The molecule has 0 aliphatic heterocycles. The highest BCUT2D eigenvalue weighted by atomic mass is 17.6. The van der Waals surface area contributed by atoms with Crippen molar-refractivity contribution in [1.29, 1.82) is 0 Å². The van der Waals surface area contributed by atoms with E-state index >= 15 is 0 Å². The standard InChI is InChI=1S/C3H8O4/c1-3(2)5-7-6-4/h3-4H,1-2H3/p-1. The number of hydrogen-bond acceptors (Lipinski definition) is 4. The quantitative estimate of drug-likeness (QED) is 0.362. The van der Waals surface area contributed by atoms with E-state index in [0.29, 0.717) is 0 Å². The largest absolute Gasteiger partial charge is 0.690 e. The summed E-state index contributed by atoms with van der Waals surface area (Å²) in [6.45, 7) is 3.41. The van der Waals surface area contributed by atoms with Gasteiger partial charge in [0.15, 0.2) is 0 Å². The van der Waals surface area contributed by atoms with E-state index in [9.17, 15) is 0 Å². The van der Waals surface area contributed by atoms with Gasteiger partial charge in [-0.25, -0.2) is 4.89 Å². The molecule has 0 aliphatic rings. The van der Waals surface area contributed by atoms with Crippen LogP contribution in [0.25, 0.3) is 0 Å². The van der Waals surface area contributed by atoms with Crippen LogP contribution in [0.15, 0.2) is 0 Å². The van der Waals surface area contributed by atoms with Crippen molar-refractivity contribution < 1.29 is 20.2 Å². The van der Waals surface area contributed by atoms with Gasteiger partial charge in [-0.05, 0) is 13.8 Å². The molecular formula is C3H7O4-. The second kappa shape index (κ2) is 4.01. The number of hydrogen-bond donors (Lipinski definition) is 0. The van der Waals surface area contributed by atoms with Crippen LogP contribution in [-0.2, 0) is 15.0 Å². The van der Waals surface area contributed by atoms with Crippen LogP contribution in [0.4, 0.5) is 0 Å². The molecule has 0 unspecified atom stereocenters. The normalized spacial score (nSPS) is 10.3. The first-order chi connectivity index (χ1) is 3.27. The van der Waals surface area contributed by atoms with E-state index in [4.69, 9.17) is 5.26 Å².